The molecule has 0 radical (unpaired) electrons. The van der Waals surface area contributed by atoms with E-state index in [9.17, 15) is 4.79 Å². The number of likely N-dealkylation sites (tertiary alicyclic amines) is 1. The highest BCUT2D eigenvalue weighted by atomic mass is 16.1. The Morgan fingerprint density at radius 1 is 1.21 bits per heavy atom. The number of carbonyl (C=O) groups excluding carboxylic acids is 1. The smallest absolute Gasteiger partial charge is 0.162 e. The van der Waals surface area contributed by atoms with Crippen molar-refractivity contribution in [2.24, 2.45) is 5.92 Å². The van der Waals surface area contributed by atoms with Crippen molar-refractivity contribution >= 4 is 5.78 Å². The van der Waals surface area contributed by atoms with Crippen molar-refractivity contribution in [1.82, 2.24) is 4.90 Å². The lowest BCUT2D eigenvalue weighted by Gasteiger charge is -2.36. The quantitative estimate of drug-likeness (QED) is 0.750. The standard InChI is InChI=1S/C17H25NO/c1-14-10-11-15(2)18(13-14)12-6-9-17(19)16-7-4-3-5-8-16/h3-5,7-8,14-15H,6,9-13H2,1-2H3. The van der Waals surface area contributed by atoms with Gasteiger partial charge in [-0.25, -0.2) is 0 Å². The summed E-state index contributed by atoms with van der Waals surface area (Å²) in [5.74, 6) is 1.08. The van der Waals surface area contributed by atoms with Crippen LogP contribution in [0, 0.1) is 5.92 Å². The Balaban J connectivity index is 1.75. The normalized spacial score (nSPS) is 24.3. The molecular formula is C17H25NO. The Morgan fingerprint density at radius 2 is 1.95 bits per heavy atom. The number of piperidine rings is 1. The highest BCUT2D eigenvalue weighted by Crippen LogP contribution is 2.21. The molecular weight excluding hydrogens is 234 g/mol. The second kappa shape index (κ2) is 6.85. The average molecular weight is 259 g/mol. The maximum atomic E-state index is 12.0. The van der Waals surface area contributed by atoms with E-state index >= 15 is 0 Å². The molecule has 1 aliphatic rings. The lowest BCUT2D eigenvalue weighted by molar-refractivity contribution is 0.0949. The van der Waals surface area contributed by atoms with Crippen molar-refractivity contribution in [2.75, 3.05) is 13.1 Å². The van der Waals surface area contributed by atoms with Crippen LogP contribution in [0.3, 0.4) is 0 Å². The molecule has 1 saturated heterocycles. The zero-order valence-corrected chi connectivity index (χ0v) is 12.1. The fourth-order valence-corrected chi connectivity index (χ4v) is 2.90. The maximum Gasteiger partial charge on any atom is 0.162 e. The number of hydrogen-bond acceptors (Lipinski definition) is 2. The van der Waals surface area contributed by atoms with E-state index in [1.54, 1.807) is 0 Å². The second-order valence-corrected chi connectivity index (χ2v) is 5.92. The second-order valence-electron chi connectivity index (χ2n) is 5.92. The molecule has 0 amide bonds. The van der Waals surface area contributed by atoms with Gasteiger partial charge in [0.2, 0.25) is 0 Å². The SMILES string of the molecule is CC1CCC(C)N(CCCC(=O)c2ccccc2)C1. The number of benzene rings is 1. The van der Waals surface area contributed by atoms with Crippen LogP contribution in [0.5, 0.6) is 0 Å². The van der Waals surface area contributed by atoms with Gasteiger partial charge in [-0.3, -0.25) is 4.79 Å². The molecule has 19 heavy (non-hydrogen) atoms. The summed E-state index contributed by atoms with van der Waals surface area (Å²) in [6.07, 6.45) is 4.29. The lowest BCUT2D eigenvalue weighted by atomic mass is 9.94. The van der Waals surface area contributed by atoms with Crippen LogP contribution in [0.2, 0.25) is 0 Å². The van der Waals surface area contributed by atoms with Crippen LogP contribution < -0.4 is 0 Å². The topological polar surface area (TPSA) is 20.3 Å². The minimum atomic E-state index is 0.276. The summed E-state index contributed by atoms with van der Waals surface area (Å²) in [4.78, 5) is 14.6. The number of ketones is 1. The first-order valence-electron chi connectivity index (χ1n) is 7.49. The number of nitrogens with zero attached hydrogens (tertiary/aromatic N) is 1. The molecule has 2 rings (SSSR count). The first kappa shape index (κ1) is 14.3. The first-order valence-corrected chi connectivity index (χ1v) is 7.49. The van der Waals surface area contributed by atoms with Gasteiger partial charge in [0.1, 0.15) is 0 Å². The third kappa shape index (κ3) is 4.17. The minimum absolute atomic E-state index is 0.276. The molecule has 2 unspecified atom stereocenters. The molecule has 1 aromatic rings. The van der Waals surface area contributed by atoms with E-state index < -0.39 is 0 Å². The van der Waals surface area contributed by atoms with Crippen LogP contribution in [-0.4, -0.2) is 29.8 Å². The fraction of sp³-hybridized carbons (Fsp3) is 0.588. The molecule has 1 heterocycles. The molecule has 1 aliphatic heterocycles. The molecule has 0 spiro atoms. The van der Waals surface area contributed by atoms with Crippen molar-refractivity contribution in [3.8, 4) is 0 Å². The highest BCUT2D eigenvalue weighted by molar-refractivity contribution is 5.95. The van der Waals surface area contributed by atoms with E-state index in [1.807, 2.05) is 30.3 Å². The van der Waals surface area contributed by atoms with Crippen molar-refractivity contribution in [2.45, 2.75) is 45.6 Å². The molecule has 2 atom stereocenters. The first-order chi connectivity index (χ1) is 9.16. The third-order valence-electron chi connectivity index (χ3n) is 4.19. The van der Waals surface area contributed by atoms with Gasteiger partial charge in [0, 0.05) is 24.6 Å². The van der Waals surface area contributed by atoms with Gasteiger partial charge in [-0.15, -0.1) is 0 Å². The molecule has 2 heteroatoms. The average Bonchev–Trinajstić information content (AvgIpc) is 2.43. The summed E-state index contributed by atoms with van der Waals surface area (Å²) < 4.78 is 0. The van der Waals surface area contributed by atoms with Gasteiger partial charge < -0.3 is 4.90 Å². The minimum Gasteiger partial charge on any atom is -0.300 e. The Morgan fingerprint density at radius 3 is 2.68 bits per heavy atom. The summed E-state index contributed by atoms with van der Waals surface area (Å²) in [5.41, 5.74) is 0.850. The van der Waals surface area contributed by atoms with Gasteiger partial charge in [-0.1, -0.05) is 37.3 Å². The number of Topliss-reactive ketones (excluding diaryl/α,β-unsaturated/α-hetero) is 1. The summed E-state index contributed by atoms with van der Waals surface area (Å²) in [5, 5.41) is 0. The van der Waals surface area contributed by atoms with Crippen LogP contribution in [-0.2, 0) is 0 Å². The highest BCUT2D eigenvalue weighted by Gasteiger charge is 2.22. The van der Waals surface area contributed by atoms with Crippen molar-refractivity contribution in [3.05, 3.63) is 35.9 Å². The van der Waals surface area contributed by atoms with Crippen LogP contribution >= 0.6 is 0 Å². The van der Waals surface area contributed by atoms with Crippen LogP contribution in [0.15, 0.2) is 30.3 Å². The van der Waals surface area contributed by atoms with E-state index in [1.165, 1.54) is 19.4 Å². The van der Waals surface area contributed by atoms with E-state index in [0.717, 1.165) is 24.4 Å². The zero-order chi connectivity index (χ0) is 13.7. The molecule has 0 aliphatic carbocycles. The largest absolute Gasteiger partial charge is 0.300 e. The summed E-state index contributed by atoms with van der Waals surface area (Å²) in [6, 6.07) is 10.3. The summed E-state index contributed by atoms with van der Waals surface area (Å²) >= 11 is 0. The monoisotopic (exact) mass is 259 g/mol. The molecule has 1 aromatic carbocycles. The van der Waals surface area contributed by atoms with Crippen LogP contribution in [0.1, 0.15) is 49.9 Å². The Bertz CT molecular complexity index is 401. The predicted molar refractivity (Wildman–Crippen MR) is 79.4 cm³/mol. The van der Waals surface area contributed by atoms with Gasteiger partial charge in [-0.2, -0.15) is 0 Å². The van der Waals surface area contributed by atoms with Gasteiger partial charge in [-0.05, 0) is 38.6 Å². The zero-order valence-electron chi connectivity index (χ0n) is 12.1. The van der Waals surface area contributed by atoms with E-state index in [-0.39, 0.29) is 5.78 Å². The molecule has 104 valence electrons. The Labute approximate surface area is 116 Å². The Kier molecular flexibility index (Phi) is 5.15. The number of carbonyl (C=O) groups is 1. The predicted octanol–water partition coefficient (Wildman–Crippen LogP) is 3.77. The maximum absolute atomic E-state index is 12.0. The number of hydrogen-bond donors (Lipinski definition) is 0. The van der Waals surface area contributed by atoms with E-state index in [0.29, 0.717) is 12.5 Å². The number of rotatable bonds is 5. The van der Waals surface area contributed by atoms with Crippen molar-refractivity contribution < 1.29 is 4.79 Å². The van der Waals surface area contributed by atoms with Gasteiger partial charge in [0.15, 0.2) is 5.78 Å². The van der Waals surface area contributed by atoms with Crippen LogP contribution in [0.25, 0.3) is 0 Å². The fourth-order valence-electron chi connectivity index (χ4n) is 2.90. The molecule has 1 fully saturated rings. The molecule has 0 N–H and O–H groups in total. The van der Waals surface area contributed by atoms with Crippen molar-refractivity contribution in [3.63, 3.8) is 0 Å². The lowest BCUT2D eigenvalue weighted by Crippen LogP contribution is -2.41. The Hall–Kier alpha value is -1.15. The van der Waals surface area contributed by atoms with E-state index in [2.05, 4.69) is 18.7 Å². The van der Waals surface area contributed by atoms with Gasteiger partial charge in [0.25, 0.3) is 0 Å². The van der Waals surface area contributed by atoms with Crippen LogP contribution in [0.4, 0.5) is 0 Å². The molecule has 2 nitrogen and oxygen atoms in total. The summed E-state index contributed by atoms with van der Waals surface area (Å²) in [6.45, 7) is 6.89. The van der Waals surface area contributed by atoms with E-state index in [4.69, 9.17) is 0 Å². The summed E-state index contributed by atoms with van der Waals surface area (Å²) in [7, 11) is 0. The molecule has 0 bridgehead atoms. The molecule has 0 saturated carbocycles. The van der Waals surface area contributed by atoms with Crippen molar-refractivity contribution in [1.29, 1.82) is 0 Å². The van der Waals surface area contributed by atoms with Gasteiger partial charge >= 0.3 is 0 Å². The molecule has 0 aromatic heterocycles. The van der Waals surface area contributed by atoms with Gasteiger partial charge in [0.05, 0.1) is 0 Å². The third-order valence-corrected chi connectivity index (χ3v) is 4.19.